The molecule has 1 aliphatic carbocycles. The molecule has 1 N–H and O–H groups in total. The summed E-state index contributed by atoms with van der Waals surface area (Å²) >= 11 is 0. The minimum absolute atomic E-state index is 0.111. The number of allylic oxidation sites excluding steroid dienone is 2. The Kier molecular flexibility index (Phi) is 3.29. The van der Waals surface area contributed by atoms with Crippen LogP contribution in [-0.2, 0) is 4.79 Å². The zero-order chi connectivity index (χ0) is 9.84. The minimum atomic E-state index is 0.111. The molecular formula is C11H17NO. The Balaban J connectivity index is 0.000000396. The summed E-state index contributed by atoms with van der Waals surface area (Å²) < 4.78 is 0. The number of fused-ring (bicyclic) bond motifs is 1. The van der Waals surface area contributed by atoms with Gasteiger partial charge in [0.15, 0.2) is 0 Å². The maximum absolute atomic E-state index is 11.2. The van der Waals surface area contributed by atoms with Gasteiger partial charge in [0, 0.05) is 12.5 Å². The lowest BCUT2D eigenvalue weighted by Crippen LogP contribution is -2.18. The van der Waals surface area contributed by atoms with E-state index in [0.29, 0.717) is 5.92 Å². The Morgan fingerprint density at radius 3 is 2.85 bits per heavy atom. The van der Waals surface area contributed by atoms with Gasteiger partial charge in [0.1, 0.15) is 0 Å². The molecule has 2 unspecified atom stereocenters. The molecule has 0 radical (unpaired) electrons. The van der Waals surface area contributed by atoms with Gasteiger partial charge >= 0.3 is 0 Å². The third-order valence-corrected chi connectivity index (χ3v) is 2.32. The van der Waals surface area contributed by atoms with Gasteiger partial charge in [-0.05, 0) is 6.92 Å². The van der Waals surface area contributed by atoms with Gasteiger partial charge < -0.3 is 5.32 Å². The Morgan fingerprint density at radius 1 is 1.46 bits per heavy atom. The van der Waals surface area contributed by atoms with Crippen LogP contribution in [0.25, 0.3) is 0 Å². The lowest BCUT2D eigenvalue weighted by Gasteiger charge is -2.13. The van der Waals surface area contributed by atoms with Crippen LogP contribution in [0.4, 0.5) is 0 Å². The van der Waals surface area contributed by atoms with E-state index in [4.69, 9.17) is 0 Å². The molecule has 2 heteroatoms. The fourth-order valence-corrected chi connectivity index (χ4v) is 1.66. The van der Waals surface area contributed by atoms with Crippen molar-refractivity contribution >= 4 is 5.91 Å². The van der Waals surface area contributed by atoms with E-state index in [0.717, 1.165) is 6.54 Å². The van der Waals surface area contributed by atoms with E-state index in [1.807, 2.05) is 26.8 Å². The second-order valence-electron chi connectivity index (χ2n) is 3.20. The molecule has 2 aliphatic rings. The van der Waals surface area contributed by atoms with Crippen LogP contribution in [0.15, 0.2) is 23.8 Å². The first-order valence-corrected chi connectivity index (χ1v) is 4.92. The largest absolute Gasteiger partial charge is 0.355 e. The number of nitrogens with one attached hydrogen (secondary N) is 1. The molecule has 1 aliphatic heterocycles. The van der Waals surface area contributed by atoms with Crippen LogP contribution < -0.4 is 5.32 Å². The zero-order valence-corrected chi connectivity index (χ0v) is 8.50. The van der Waals surface area contributed by atoms with Gasteiger partial charge in [-0.2, -0.15) is 0 Å². The number of hydrogen-bond acceptors (Lipinski definition) is 1. The van der Waals surface area contributed by atoms with Crippen molar-refractivity contribution in [2.24, 2.45) is 11.8 Å². The summed E-state index contributed by atoms with van der Waals surface area (Å²) in [7, 11) is 0. The minimum Gasteiger partial charge on any atom is -0.355 e. The lowest BCUT2D eigenvalue weighted by atomic mass is 9.89. The van der Waals surface area contributed by atoms with E-state index in [9.17, 15) is 4.79 Å². The van der Waals surface area contributed by atoms with Crippen molar-refractivity contribution in [3.8, 4) is 0 Å². The SMILES string of the molecule is CC.CC1=CC2C(=O)NCC2C=C1. The Morgan fingerprint density at radius 2 is 2.15 bits per heavy atom. The van der Waals surface area contributed by atoms with Crippen molar-refractivity contribution in [3.05, 3.63) is 23.8 Å². The Hall–Kier alpha value is -1.05. The highest BCUT2D eigenvalue weighted by molar-refractivity contribution is 5.83. The van der Waals surface area contributed by atoms with Gasteiger partial charge in [-0.15, -0.1) is 0 Å². The maximum atomic E-state index is 11.2. The maximum Gasteiger partial charge on any atom is 0.227 e. The van der Waals surface area contributed by atoms with Crippen LogP contribution in [0.5, 0.6) is 0 Å². The van der Waals surface area contributed by atoms with Gasteiger partial charge in [0.05, 0.1) is 5.92 Å². The van der Waals surface area contributed by atoms with E-state index in [2.05, 4.69) is 17.5 Å². The van der Waals surface area contributed by atoms with Crippen molar-refractivity contribution in [1.29, 1.82) is 0 Å². The molecule has 0 aromatic rings. The summed E-state index contributed by atoms with van der Waals surface area (Å²) in [5, 5.41) is 2.85. The van der Waals surface area contributed by atoms with Gasteiger partial charge in [0.25, 0.3) is 0 Å². The van der Waals surface area contributed by atoms with Crippen molar-refractivity contribution in [2.45, 2.75) is 20.8 Å². The average Bonchev–Trinajstić information content (AvgIpc) is 2.52. The lowest BCUT2D eigenvalue weighted by molar-refractivity contribution is -0.121. The van der Waals surface area contributed by atoms with E-state index >= 15 is 0 Å². The topological polar surface area (TPSA) is 29.1 Å². The summed E-state index contributed by atoms with van der Waals surface area (Å²) in [6, 6.07) is 0. The number of rotatable bonds is 0. The van der Waals surface area contributed by atoms with Crippen molar-refractivity contribution < 1.29 is 4.79 Å². The highest BCUT2D eigenvalue weighted by Gasteiger charge is 2.32. The Bertz CT molecular complexity index is 253. The molecule has 1 heterocycles. The number of amides is 1. The second kappa shape index (κ2) is 4.26. The monoisotopic (exact) mass is 179 g/mol. The van der Waals surface area contributed by atoms with E-state index in [1.165, 1.54) is 5.57 Å². The molecule has 0 bridgehead atoms. The first-order valence-electron chi connectivity index (χ1n) is 4.92. The molecule has 1 fully saturated rings. The first-order chi connectivity index (χ1) is 6.27. The molecule has 0 spiro atoms. The molecule has 72 valence electrons. The van der Waals surface area contributed by atoms with E-state index in [1.54, 1.807) is 0 Å². The molecule has 2 rings (SSSR count). The van der Waals surface area contributed by atoms with Gasteiger partial charge in [-0.3, -0.25) is 4.79 Å². The molecule has 1 amide bonds. The molecular weight excluding hydrogens is 162 g/mol. The zero-order valence-electron chi connectivity index (χ0n) is 8.50. The normalized spacial score (nSPS) is 29.8. The van der Waals surface area contributed by atoms with E-state index in [-0.39, 0.29) is 11.8 Å². The van der Waals surface area contributed by atoms with Crippen molar-refractivity contribution in [1.82, 2.24) is 5.32 Å². The molecule has 0 saturated carbocycles. The molecule has 0 aromatic carbocycles. The quantitative estimate of drug-likeness (QED) is 0.604. The molecule has 2 atom stereocenters. The molecule has 0 aromatic heterocycles. The standard InChI is InChI=1S/C9H11NO.C2H6/c1-6-2-3-7-5-10-9(11)8(7)4-6;1-2/h2-4,7-8H,5H2,1H3,(H,10,11);1-2H3. The van der Waals surface area contributed by atoms with Gasteiger partial charge in [-0.25, -0.2) is 0 Å². The molecule has 13 heavy (non-hydrogen) atoms. The number of carbonyl (C=O) groups is 1. The van der Waals surface area contributed by atoms with Crippen LogP contribution in [0, 0.1) is 11.8 Å². The Labute approximate surface area is 79.7 Å². The summed E-state index contributed by atoms with van der Waals surface area (Å²) in [4.78, 5) is 11.2. The summed E-state index contributed by atoms with van der Waals surface area (Å²) in [6.45, 7) is 6.84. The van der Waals surface area contributed by atoms with Crippen LogP contribution in [0.1, 0.15) is 20.8 Å². The fourth-order valence-electron chi connectivity index (χ4n) is 1.66. The van der Waals surface area contributed by atoms with Gasteiger partial charge in [0.2, 0.25) is 5.91 Å². The van der Waals surface area contributed by atoms with Gasteiger partial charge in [-0.1, -0.05) is 37.6 Å². The molecule has 2 nitrogen and oxygen atoms in total. The summed E-state index contributed by atoms with van der Waals surface area (Å²) in [5.74, 6) is 0.699. The smallest absolute Gasteiger partial charge is 0.227 e. The number of hydrogen-bond donors (Lipinski definition) is 1. The highest BCUT2D eigenvalue weighted by atomic mass is 16.2. The third kappa shape index (κ3) is 2.00. The summed E-state index contributed by atoms with van der Waals surface area (Å²) in [5.41, 5.74) is 1.20. The molecule has 1 saturated heterocycles. The van der Waals surface area contributed by atoms with Crippen LogP contribution in [0.2, 0.25) is 0 Å². The van der Waals surface area contributed by atoms with E-state index < -0.39 is 0 Å². The van der Waals surface area contributed by atoms with Crippen LogP contribution in [-0.4, -0.2) is 12.5 Å². The first kappa shape index (κ1) is 10.0. The van der Waals surface area contributed by atoms with Crippen molar-refractivity contribution in [3.63, 3.8) is 0 Å². The highest BCUT2D eigenvalue weighted by Crippen LogP contribution is 2.26. The third-order valence-electron chi connectivity index (χ3n) is 2.32. The van der Waals surface area contributed by atoms with Crippen molar-refractivity contribution in [2.75, 3.05) is 6.54 Å². The van der Waals surface area contributed by atoms with Crippen LogP contribution in [0.3, 0.4) is 0 Å². The van der Waals surface area contributed by atoms with Crippen LogP contribution >= 0.6 is 0 Å². The fraction of sp³-hybridized carbons (Fsp3) is 0.545. The second-order valence-corrected chi connectivity index (χ2v) is 3.20. The predicted octanol–water partition coefficient (Wildman–Crippen LogP) is 1.89. The predicted molar refractivity (Wildman–Crippen MR) is 54.2 cm³/mol. The number of carbonyl (C=O) groups excluding carboxylic acids is 1. The summed E-state index contributed by atoms with van der Waals surface area (Å²) in [6.07, 6.45) is 6.26. The average molecular weight is 179 g/mol.